The van der Waals surface area contributed by atoms with Gasteiger partial charge in [-0.2, -0.15) is 0 Å². The summed E-state index contributed by atoms with van der Waals surface area (Å²) in [5.74, 6) is 0.895. The van der Waals surface area contributed by atoms with E-state index in [4.69, 9.17) is 0 Å². The van der Waals surface area contributed by atoms with E-state index in [9.17, 15) is 4.79 Å². The van der Waals surface area contributed by atoms with Gasteiger partial charge in [0.1, 0.15) is 0 Å². The number of benzene rings is 1. The Kier molecular flexibility index (Phi) is 4.59. The number of carbonyl (C=O) groups excluding carboxylic acids is 1. The van der Waals surface area contributed by atoms with Crippen LogP contribution in [0.15, 0.2) is 30.3 Å². The molecule has 3 nitrogen and oxygen atoms in total. The second-order valence-electron chi connectivity index (χ2n) is 6.74. The van der Waals surface area contributed by atoms with Crippen molar-refractivity contribution in [3.8, 4) is 0 Å². The maximum Gasteiger partial charge on any atom is 0.223 e. The molecule has 1 heterocycles. The molecule has 1 aromatic rings. The van der Waals surface area contributed by atoms with Gasteiger partial charge in [-0.1, -0.05) is 43.2 Å². The number of likely N-dealkylation sites (tertiary alicyclic amines) is 1. The first-order valence-corrected chi connectivity index (χ1v) is 8.24. The average Bonchev–Trinajstić information content (AvgIpc) is 3.09. The highest BCUT2D eigenvalue weighted by molar-refractivity contribution is 5.79. The molecule has 3 rings (SSSR count). The summed E-state index contributed by atoms with van der Waals surface area (Å²) in [7, 11) is 2.16. The molecule has 0 aromatic heterocycles. The van der Waals surface area contributed by atoms with Crippen LogP contribution in [0.4, 0.5) is 0 Å². The van der Waals surface area contributed by atoms with E-state index in [2.05, 4.69) is 47.2 Å². The molecule has 1 aliphatic heterocycles. The Morgan fingerprint density at radius 1 is 1.19 bits per heavy atom. The van der Waals surface area contributed by atoms with Crippen molar-refractivity contribution in [3.05, 3.63) is 35.9 Å². The van der Waals surface area contributed by atoms with Crippen LogP contribution in [0.3, 0.4) is 0 Å². The molecule has 2 fully saturated rings. The molecule has 0 radical (unpaired) electrons. The van der Waals surface area contributed by atoms with Crippen molar-refractivity contribution in [2.45, 2.75) is 44.7 Å². The van der Waals surface area contributed by atoms with Crippen molar-refractivity contribution in [2.24, 2.45) is 5.92 Å². The molecule has 2 aliphatic rings. The van der Waals surface area contributed by atoms with Gasteiger partial charge in [0.25, 0.3) is 0 Å². The van der Waals surface area contributed by atoms with Crippen LogP contribution in [0.25, 0.3) is 0 Å². The molecule has 0 unspecified atom stereocenters. The summed E-state index contributed by atoms with van der Waals surface area (Å²) >= 11 is 0. The number of rotatable bonds is 5. The zero-order valence-electron chi connectivity index (χ0n) is 13.0. The van der Waals surface area contributed by atoms with Crippen LogP contribution in [-0.4, -0.2) is 41.9 Å². The number of nitrogens with zero attached hydrogens (tertiary/aromatic N) is 2. The van der Waals surface area contributed by atoms with Crippen LogP contribution in [0.5, 0.6) is 0 Å². The Bertz CT molecular complexity index is 467. The molecule has 1 atom stereocenters. The topological polar surface area (TPSA) is 23.6 Å². The van der Waals surface area contributed by atoms with Crippen LogP contribution in [-0.2, 0) is 11.3 Å². The van der Waals surface area contributed by atoms with Crippen molar-refractivity contribution in [1.82, 2.24) is 9.80 Å². The third-order valence-corrected chi connectivity index (χ3v) is 4.87. The van der Waals surface area contributed by atoms with E-state index in [1.165, 1.54) is 31.2 Å². The van der Waals surface area contributed by atoms with Gasteiger partial charge in [-0.15, -0.1) is 0 Å². The Hall–Kier alpha value is -1.35. The molecule has 1 aromatic carbocycles. The van der Waals surface area contributed by atoms with Crippen LogP contribution < -0.4 is 0 Å². The summed E-state index contributed by atoms with van der Waals surface area (Å²) in [6, 6.07) is 11.1. The highest BCUT2D eigenvalue weighted by Gasteiger charge is 2.35. The van der Waals surface area contributed by atoms with Gasteiger partial charge >= 0.3 is 0 Å². The van der Waals surface area contributed by atoms with Crippen molar-refractivity contribution in [2.75, 3.05) is 20.1 Å². The third kappa shape index (κ3) is 3.65. The fourth-order valence-electron chi connectivity index (χ4n) is 3.90. The van der Waals surface area contributed by atoms with Crippen LogP contribution in [0.1, 0.15) is 37.7 Å². The second kappa shape index (κ2) is 6.61. The minimum Gasteiger partial charge on any atom is -0.339 e. The first-order chi connectivity index (χ1) is 10.2. The predicted molar refractivity (Wildman–Crippen MR) is 84.9 cm³/mol. The third-order valence-electron chi connectivity index (χ3n) is 4.87. The number of hydrogen-bond acceptors (Lipinski definition) is 2. The lowest BCUT2D eigenvalue weighted by atomic mass is 10.1. The maximum absolute atomic E-state index is 12.2. The minimum atomic E-state index is 0.389. The SMILES string of the molecule is CN(Cc1ccccc1)C[C@H]1CC(=O)N(C2CCCC2)C1. The van der Waals surface area contributed by atoms with Gasteiger partial charge in [0.15, 0.2) is 0 Å². The zero-order valence-corrected chi connectivity index (χ0v) is 13.0. The number of amides is 1. The van der Waals surface area contributed by atoms with E-state index in [0.29, 0.717) is 17.9 Å². The lowest BCUT2D eigenvalue weighted by Crippen LogP contribution is -2.35. The van der Waals surface area contributed by atoms with E-state index >= 15 is 0 Å². The predicted octanol–water partition coefficient (Wildman–Crippen LogP) is 2.91. The summed E-state index contributed by atoms with van der Waals surface area (Å²) in [5.41, 5.74) is 1.34. The number of hydrogen-bond donors (Lipinski definition) is 0. The molecular formula is C18H26N2O. The average molecular weight is 286 g/mol. The molecule has 0 N–H and O–H groups in total. The summed E-state index contributed by atoms with van der Waals surface area (Å²) in [6.45, 7) is 2.96. The molecule has 0 bridgehead atoms. The quantitative estimate of drug-likeness (QED) is 0.831. The van der Waals surface area contributed by atoms with Crippen molar-refractivity contribution < 1.29 is 4.79 Å². The van der Waals surface area contributed by atoms with Gasteiger partial charge < -0.3 is 9.80 Å². The molecule has 1 amide bonds. The van der Waals surface area contributed by atoms with Gasteiger partial charge in [0, 0.05) is 32.1 Å². The number of carbonyl (C=O) groups is 1. The highest BCUT2D eigenvalue weighted by atomic mass is 16.2. The monoisotopic (exact) mass is 286 g/mol. The smallest absolute Gasteiger partial charge is 0.223 e. The fourth-order valence-corrected chi connectivity index (χ4v) is 3.90. The Morgan fingerprint density at radius 3 is 2.62 bits per heavy atom. The van der Waals surface area contributed by atoms with Gasteiger partial charge in [-0.3, -0.25) is 4.79 Å². The first-order valence-electron chi connectivity index (χ1n) is 8.24. The lowest BCUT2D eigenvalue weighted by Gasteiger charge is -2.25. The Labute approximate surface area is 127 Å². The van der Waals surface area contributed by atoms with E-state index in [0.717, 1.165) is 26.1 Å². The first kappa shape index (κ1) is 14.6. The molecule has 21 heavy (non-hydrogen) atoms. The van der Waals surface area contributed by atoms with E-state index in [1.807, 2.05) is 0 Å². The van der Waals surface area contributed by atoms with Gasteiger partial charge in [0.05, 0.1) is 0 Å². The maximum atomic E-state index is 12.2. The highest BCUT2D eigenvalue weighted by Crippen LogP contribution is 2.29. The molecule has 114 valence electrons. The normalized spacial score (nSPS) is 23.4. The van der Waals surface area contributed by atoms with Crippen LogP contribution in [0, 0.1) is 5.92 Å². The molecule has 3 heteroatoms. The minimum absolute atomic E-state index is 0.389. The van der Waals surface area contributed by atoms with Crippen LogP contribution in [0.2, 0.25) is 0 Å². The van der Waals surface area contributed by atoms with Crippen molar-refractivity contribution in [3.63, 3.8) is 0 Å². The van der Waals surface area contributed by atoms with E-state index in [1.54, 1.807) is 0 Å². The van der Waals surface area contributed by atoms with Gasteiger partial charge in [0.2, 0.25) is 5.91 Å². The van der Waals surface area contributed by atoms with Crippen molar-refractivity contribution in [1.29, 1.82) is 0 Å². The van der Waals surface area contributed by atoms with Crippen LogP contribution >= 0.6 is 0 Å². The fraction of sp³-hybridized carbons (Fsp3) is 0.611. The van der Waals surface area contributed by atoms with Gasteiger partial charge in [-0.25, -0.2) is 0 Å². The summed E-state index contributed by atoms with van der Waals surface area (Å²) in [4.78, 5) is 16.7. The van der Waals surface area contributed by atoms with Crippen molar-refractivity contribution >= 4 is 5.91 Å². The molecular weight excluding hydrogens is 260 g/mol. The van der Waals surface area contributed by atoms with E-state index in [-0.39, 0.29) is 0 Å². The zero-order chi connectivity index (χ0) is 14.7. The Morgan fingerprint density at radius 2 is 1.90 bits per heavy atom. The molecule has 1 saturated heterocycles. The van der Waals surface area contributed by atoms with Gasteiger partial charge in [-0.05, 0) is 31.4 Å². The molecule has 1 aliphatic carbocycles. The summed E-state index contributed by atoms with van der Waals surface area (Å²) in [5, 5.41) is 0. The molecule has 0 spiro atoms. The largest absolute Gasteiger partial charge is 0.339 e. The van der Waals surface area contributed by atoms with E-state index < -0.39 is 0 Å². The lowest BCUT2D eigenvalue weighted by molar-refractivity contribution is -0.129. The molecule has 1 saturated carbocycles. The summed E-state index contributed by atoms with van der Waals surface area (Å²) in [6.07, 6.45) is 5.78. The summed E-state index contributed by atoms with van der Waals surface area (Å²) < 4.78 is 0. The standard InChI is InChI=1S/C18H26N2O/c1-19(12-15-7-3-2-4-8-15)13-16-11-18(21)20(14-16)17-9-5-6-10-17/h2-4,7-8,16-17H,5-6,9-14H2,1H3/t16-/m1/s1. The Balaban J connectivity index is 1.50. The second-order valence-corrected chi connectivity index (χ2v) is 6.74.